The Balaban J connectivity index is 1.92. The number of amides is 2. The normalized spacial score (nSPS) is 12.2. The van der Waals surface area contributed by atoms with Gasteiger partial charge in [-0.2, -0.15) is 0 Å². The minimum Gasteiger partial charge on any atom is -0.497 e. The van der Waals surface area contributed by atoms with Crippen molar-refractivity contribution in [1.29, 1.82) is 0 Å². The lowest BCUT2D eigenvalue weighted by atomic mass is 10.00. The average molecular weight is 610 g/mol. The molecule has 0 aromatic heterocycles. The van der Waals surface area contributed by atoms with Gasteiger partial charge in [-0.05, 0) is 62.6 Å². The molecule has 0 fully saturated rings. The number of carbonyl (C=O) groups excluding carboxylic acids is 2. The predicted octanol–water partition coefficient (Wildman–Crippen LogP) is 4.80. The maximum Gasteiger partial charge on any atom is 0.243 e. The fraction of sp³-hybridized carbons (Fsp3) is 0.394. The number of rotatable bonds is 14. The topological polar surface area (TPSA) is 105 Å². The highest BCUT2D eigenvalue weighted by atomic mass is 32.2. The summed E-state index contributed by atoms with van der Waals surface area (Å²) in [4.78, 5) is 29.3. The van der Waals surface area contributed by atoms with Crippen molar-refractivity contribution in [1.82, 2.24) is 10.2 Å². The Labute approximate surface area is 255 Å². The minimum atomic E-state index is -3.63. The van der Waals surface area contributed by atoms with Gasteiger partial charge in [-0.15, -0.1) is 0 Å². The van der Waals surface area contributed by atoms with Crippen molar-refractivity contribution < 1.29 is 27.5 Å². The van der Waals surface area contributed by atoms with Crippen LogP contribution in [0.2, 0.25) is 0 Å². The first-order valence-electron chi connectivity index (χ1n) is 14.2. The first kappa shape index (κ1) is 33.5. The first-order chi connectivity index (χ1) is 20.3. The van der Waals surface area contributed by atoms with Crippen molar-refractivity contribution in [3.8, 4) is 11.5 Å². The van der Waals surface area contributed by atoms with Gasteiger partial charge in [-0.3, -0.25) is 13.9 Å². The molecule has 3 aromatic carbocycles. The molecule has 0 bridgehead atoms. The summed E-state index contributed by atoms with van der Waals surface area (Å²) < 4.78 is 37.3. The maximum absolute atomic E-state index is 14.0. The van der Waals surface area contributed by atoms with Gasteiger partial charge in [0, 0.05) is 37.5 Å². The number of methoxy groups -OCH3 is 2. The maximum atomic E-state index is 14.0. The lowest BCUT2D eigenvalue weighted by Gasteiger charge is -2.34. The van der Waals surface area contributed by atoms with E-state index < -0.39 is 21.6 Å². The molecular formula is C33H43N3O6S. The zero-order valence-electron chi connectivity index (χ0n) is 25.9. The highest BCUT2D eigenvalue weighted by molar-refractivity contribution is 7.92. The van der Waals surface area contributed by atoms with E-state index in [4.69, 9.17) is 9.47 Å². The SMILES string of the molecule is COc1cccc(CN(C(=O)CCCN(c2cccc(OC)c2)S(C)(=O)=O)C(Cc2ccccc2)C(=O)NC(C)(C)C)c1. The van der Waals surface area contributed by atoms with E-state index in [2.05, 4.69) is 5.32 Å². The van der Waals surface area contributed by atoms with Crippen LogP contribution in [0.15, 0.2) is 78.9 Å². The first-order valence-corrected chi connectivity index (χ1v) is 16.1. The van der Waals surface area contributed by atoms with Crippen LogP contribution in [0, 0.1) is 0 Å². The summed E-state index contributed by atoms with van der Waals surface area (Å²) in [5.74, 6) is 0.652. The lowest BCUT2D eigenvalue weighted by Crippen LogP contribution is -2.54. The molecule has 1 atom stereocenters. The average Bonchev–Trinajstić information content (AvgIpc) is 2.96. The van der Waals surface area contributed by atoms with E-state index in [1.807, 2.05) is 75.4 Å². The van der Waals surface area contributed by atoms with Gasteiger partial charge in [-0.1, -0.05) is 48.5 Å². The van der Waals surface area contributed by atoms with E-state index in [9.17, 15) is 18.0 Å². The van der Waals surface area contributed by atoms with Crippen molar-refractivity contribution in [2.45, 2.75) is 58.2 Å². The molecule has 0 saturated carbocycles. The second-order valence-electron chi connectivity index (χ2n) is 11.5. The molecule has 1 unspecified atom stereocenters. The molecule has 0 aliphatic heterocycles. The van der Waals surface area contributed by atoms with Crippen LogP contribution in [0.25, 0.3) is 0 Å². The van der Waals surface area contributed by atoms with Gasteiger partial charge in [0.05, 0.1) is 26.2 Å². The fourth-order valence-corrected chi connectivity index (χ4v) is 5.70. The van der Waals surface area contributed by atoms with Crippen LogP contribution in [0.1, 0.15) is 44.7 Å². The Morgan fingerprint density at radius 2 is 1.47 bits per heavy atom. The molecule has 0 spiro atoms. The molecule has 232 valence electrons. The molecule has 0 saturated heterocycles. The summed E-state index contributed by atoms with van der Waals surface area (Å²) in [6, 6.07) is 23.0. The number of carbonyl (C=O) groups is 2. The van der Waals surface area contributed by atoms with Gasteiger partial charge >= 0.3 is 0 Å². The van der Waals surface area contributed by atoms with Crippen LogP contribution in [0.3, 0.4) is 0 Å². The van der Waals surface area contributed by atoms with Crippen LogP contribution in [-0.4, -0.2) is 63.7 Å². The van der Waals surface area contributed by atoms with E-state index in [0.717, 1.165) is 17.4 Å². The van der Waals surface area contributed by atoms with E-state index in [-0.39, 0.29) is 37.7 Å². The molecule has 0 aliphatic rings. The summed E-state index contributed by atoms with van der Waals surface area (Å²) in [7, 11) is -0.542. The van der Waals surface area contributed by atoms with Gasteiger partial charge in [0.2, 0.25) is 21.8 Å². The van der Waals surface area contributed by atoms with E-state index >= 15 is 0 Å². The Hall–Kier alpha value is -4.05. The number of ether oxygens (including phenoxy) is 2. The number of benzene rings is 3. The van der Waals surface area contributed by atoms with E-state index in [1.165, 1.54) is 11.4 Å². The summed E-state index contributed by atoms with van der Waals surface area (Å²) in [6.07, 6.45) is 1.73. The highest BCUT2D eigenvalue weighted by Crippen LogP contribution is 2.24. The number of sulfonamides is 1. The molecule has 9 nitrogen and oxygen atoms in total. The van der Waals surface area contributed by atoms with Gasteiger partial charge in [0.1, 0.15) is 17.5 Å². The Morgan fingerprint density at radius 1 is 0.860 bits per heavy atom. The predicted molar refractivity (Wildman–Crippen MR) is 170 cm³/mol. The molecule has 1 N–H and O–H groups in total. The standard InChI is InChI=1S/C33H43N3O6S/c1-33(2,3)34-32(38)30(22-25-13-8-7-9-14-25)35(24-26-15-10-17-28(21-26)41-4)31(37)19-12-20-36(43(6,39)40)27-16-11-18-29(23-27)42-5/h7-11,13-18,21,23,30H,12,19-20,22,24H2,1-6H3,(H,34,38). The second kappa shape index (κ2) is 14.9. The zero-order valence-corrected chi connectivity index (χ0v) is 26.7. The molecule has 3 rings (SSSR count). The summed E-state index contributed by atoms with van der Waals surface area (Å²) in [5.41, 5.74) is 1.67. The second-order valence-corrected chi connectivity index (χ2v) is 13.4. The van der Waals surface area contributed by atoms with Gasteiger partial charge in [0.25, 0.3) is 0 Å². The lowest BCUT2D eigenvalue weighted by molar-refractivity contribution is -0.142. The molecule has 0 aliphatic carbocycles. The third-order valence-corrected chi connectivity index (χ3v) is 7.94. The van der Waals surface area contributed by atoms with Crippen molar-refractivity contribution in [2.24, 2.45) is 0 Å². The van der Waals surface area contributed by atoms with Crippen LogP contribution in [0.4, 0.5) is 5.69 Å². The molecule has 43 heavy (non-hydrogen) atoms. The number of nitrogens with one attached hydrogen (secondary N) is 1. The molecule has 3 aromatic rings. The van der Waals surface area contributed by atoms with E-state index in [1.54, 1.807) is 36.3 Å². The van der Waals surface area contributed by atoms with Crippen LogP contribution >= 0.6 is 0 Å². The summed E-state index contributed by atoms with van der Waals surface area (Å²) in [6.45, 7) is 5.96. The molecule has 0 heterocycles. The molecule has 2 amide bonds. The Kier molecular flexibility index (Phi) is 11.6. The third-order valence-electron chi connectivity index (χ3n) is 6.75. The van der Waals surface area contributed by atoms with E-state index in [0.29, 0.717) is 23.6 Å². The monoisotopic (exact) mass is 609 g/mol. The van der Waals surface area contributed by atoms with Crippen molar-refractivity contribution in [3.05, 3.63) is 90.0 Å². The minimum absolute atomic E-state index is 0.0358. The number of hydrogen-bond donors (Lipinski definition) is 1. The summed E-state index contributed by atoms with van der Waals surface area (Å²) >= 11 is 0. The van der Waals surface area contributed by atoms with Gasteiger partial charge in [-0.25, -0.2) is 8.42 Å². The molecule has 0 radical (unpaired) electrons. The van der Waals surface area contributed by atoms with Crippen molar-refractivity contribution in [2.75, 3.05) is 31.3 Å². The van der Waals surface area contributed by atoms with Crippen LogP contribution in [-0.2, 0) is 32.6 Å². The van der Waals surface area contributed by atoms with Gasteiger partial charge in [0.15, 0.2) is 0 Å². The van der Waals surface area contributed by atoms with Crippen molar-refractivity contribution >= 4 is 27.5 Å². The largest absolute Gasteiger partial charge is 0.497 e. The van der Waals surface area contributed by atoms with Gasteiger partial charge < -0.3 is 19.7 Å². The van der Waals surface area contributed by atoms with Crippen LogP contribution < -0.4 is 19.1 Å². The Morgan fingerprint density at radius 3 is 2.07 bits per heavy atom. The van der Waals surface area contributed by atoms with Crippen molar-refractivity contribution in [3.63, 3.8) is 0 Å². The number of anilines is 1. The zero-order chi connectivity index (χ0) is 31.6. The smallest absolute Gasteiger partial charge is 0.243 e. The Bertz CT molecular complexity index is 1470. The number of hydrogen-bond acceptors (Lipinski definition) is 6. The fourth-order valence-electron chi connectivity index (χ4n) is 4.74. The number of nitrogens with zero attached hydrogens (tertiary/aromatic N) is 2. The molecule has 10 heteroatoms. The third kappa shape index (κ3) is 10.3. The van der Waals surface area contributed by atoms with Crippen LogP contribution in [0.5, 0.6) is 11.5 Å². The summed E-state index contributed by atoms with van der Waals surface area (Å²) in [5, 5.41) is 3.05. The highest BCUT2D eigenvalue weighted by Gasteiger charge is 2.32. The quantitative estimate of drug-likeness (QED) is 0.282. The molecular weight excluding hydrogens is 566 g/mol.